The van der Waals surface area contributed by atoms with E-state index in [1.807, 2.05) is 48.3 Å². The van der Waals surface area contributed by atoms with Gasteiger partial charge in [0.25, 0.3) is 0 Å². The van der Waals surface area contributed by atoms with Crippen LogP contribution in [0.2, 0.25) is 0 Å². The van der Waals surface area contributed by atoms with Gasteiger partial charge < -0.3 is 15.7 Å². The topological polar surface area (TPSA) is 66.6 Å². The van der Waals surface area contributed by atoms with Crippen LogP contribution in [0, 0.1) is 0 Å². The molecule has 2 rings (SSSR count). The lowest BCUT2D eigenvalue weighted by Gasteiger charge is -2.22. The first-order chi connectivity index (χ1) is 9.99. The van der Waals surface area contributed by atoms with E-state index in [4.69, 9.17) is 23.1 Å². The zero-order valence-corrected chi connectivity index (χ0v) is 12.4. The molecule has 0 radical (unpaired) electrons. The maximum absolute atomic E-state index is 10.8. The van der Waals surface area contributed by atoms with Crippen LogP contribution >= 0.6 is 12.2 Å². The number of aromatic carboxylic acids is 1. The Bertz CT molecular complexity index is 668. The van der Waals surface area contributed by atoms with E-state index in [1.54, 1.807) is 12.1 Å². The number of hydrogen-bond acceptors (Lipinski definition) is 3. The number of hydrogen-bond donors (Lipinski definition) is 2. The van der Waals surface area contributed by atoms with Gasteiger partial charge in [-0.25, -0.2) is 4.79 Å². The van der Waals surface area contributed by atoms with Crippen molar-refractivity contribution in [3.63, 3.8) is 0 Å². The van der Waals surface area contributed by atoms with Gasteiger partial charge in [-0.2, -0.15) is 0 Å². The molecular formula is C16H16N2O2S. The molecule has 0 aliphatic rings. The van der Waals surface area contributed by atoms with Gasteiger partial charge in [0, 0.05) is 24.8 Å². The number of thiocarbonyl (C=S) groups is 1. The standard InChI is InChI=1S/C16H16N2O2S/c1-18(14-5-3-2-4-13(14)15(17)21)10-11-6-8-12(9-7-11)16(19)20/h2-9H,10H2,1H3,(H2,17,21)(H,19,20). The molecule has 0 aliphatic heterocycles. The molecule has 108 valence electrons. The first kappa shape index (κ1) is 15.0. The molecule has 4 nitrogen and oxygen atoms in total. The minimum Gasteiger partial charge on any atom is -0.478 e. The third-order valence-corrected chi connectivity index (χ3v) is 3.42. The number of carboxylic acids is 1. The Hall–Kier alpha value is -2.40. The molecule has 2 aromatic rings. The molecule has 0 atom stereocenters. The number of carbonyl (C=O) groups is 1. The number of para-hydroxylation sites is 1. The van der Waals surface area contributed by atoms with Crippen LogP contribution in [0.1, 0.15) is 21.5 Å². The highest BCUT2D eigenvalue weighted by molar-refractivity contribution is 7.80. The molecule has 0 fully saturated rings. The van der Waals surface area contributed by atoms with Crippen molar-refractivity contribution in [3.05, 3.63) is 65.2 Å². The zero-order valence-electron chi connectivity index (χ0n) is 11.6. The van der Waals surface area contributed by atoms with Crippen LogP contribution in [-0.4, -0.2) is 23.1 Å². The average Bonchev–Trinajstić information content (AvgIpc) is 2.47. The summed E-state index contributed by atoms with van der Waals surface area (Å²) >= 11 is 5.07. The summed E-state index contributed by atoms with van der Waals surface area (Å²) in [5.74, 6) is -0.922. The van der Waals surface area contributed by atoms with Crippen molar-refractivity contribution in [2.75, 3.05) is 11.9 Å². The molecule has 5 heteroatoms. The lowest BCUT2D eigenvalue weighted by atomic mass is 10.1. The highest BCUT2D eigenvalue weighted by Gasteiger charge is 2.10. The molecular weight excluding hydrogens is 284 g/mol. The van der Waals surface area contributed by atoms with Gasteiger partial charge in [0.05, 0.1) is 5.56 Å². The van der Waals surface area contributed by atoms with Crippen LogP contribution in [-0.2, 0) is 6.54 Å². The van der Waals surface area contributed by atoms with Gasteiger partial charge in [0.2, 0.25) is 0 Å². The predicted octanol–water partition coefficient (Wildman–Crippen LogP) is 2.66. The van der Waals surface area contributed by atoms with Crippen molar-refractivity contribution in [1.29, 1.82) is 0 Å². The SMILES string of the molecule is CN(Cc1ccc(C(=O)O)cc1)c1ccccc1C(N)=S. The van der Waals surface area contributed by atoms with E-state index in [0.29, 0.717) is 11.5 Å². The number of nitrogens with zero attached hydrogens (tertiary/aromatic N) is 1. The third-order valence-electron chi connectivity index (χ3n) is 3.20. The number of carboxylic acid groups (broad SMARTS) is 1. The van der Waals surface area contributed by atoms with Gasteiger partial charge >= 0.3 is 5.97 Å². The molecule has 0 saturated heterocycles. The highest BCUT2D eigenvalue weighted by Crippen LogP contribution is 2.21. The lowest BCUT2D eigenvalue weighted by Crippen LogP contribution is -2.21. The van der Waals surface area contributed by atoms with Crippen molar-refractivity contribution in [2.24, 2.45) is 5.73 Å². The fourth-order valence-corrected chi connectivity index (χ4v) is 2.30. The fourth-order valence-electron chi connectivity index (χ4n) is 2.13. The van der Waals surface area contributed by atoms with E-state index in [1.165, 1.54) is 0 Å². The molecule has 0 unspecified atom stereocenters. The Morgan fingerprint density at radius 3 is 2.38 bits per heavy atom. The molecule has 21 heavy (non-hydrogen) atoms. The molecule has 0 saturated carbocycles. The van der Waals surface area contributed by atoms with Crippen molar-refractivity contribution < 1.29 is 9.90 Å². The maximum atomic E-state index is 10.8. The molecule has 0 aliphatic carbocycles. The quantitative estimate of drug-likeness (QED) is 0.831. The van der Waals surface area contributed by atoms with E-state index in [9.17, 15) is 4.79 Å². The Balaban J connectivity index is 2.20. The van der Waals surface area contributed by atoms with Crippen molar-refractivity contribution in [3.8, 4) is 0 Å². The van der Waals surface area contributed by atoms with Crippen molar-refractivity contribution in [1.82, 2.24) is 0 Å². The van der Waals surface area contributed by atoms with E-state index < -0.39 is 5.97 Å². The maximum Gasteiger partial charge on any atom is 0.335 e. The molecule has 3 N–H and O–H groups in total. The smallest absolute Gasteiger partial charge is 0.335 e. The summed E-state index contributed by atoms with van der Waals surface area (Å²) in [7, 11) is 1.95. The normalized spacial score (nSPS) is 10.1. The van der Waals surface area contributed by atoms with Crippen LogP contribution in [0.5, 0.6) is 0 Å². The molecule has 0 aromatic heterocycles. The second-order valence-electron chi connectivity index (χ2n) is 4.74. The third kappa shape index (κ3) is 3.58. The highest BCUT2D eigenvalue weighted by atomic mass is 32.1. The molecule has 2 aromatic carbocycles. The minimum atomic E-state index is -0.922. The fraction of sp³-hybridized carbons (Fsp3) is 0.125. The lowest BCUT2D eigenvalue weighted by molar-refractivity contribution is 0.0697. The predicted molar refractivity (Wildman–Crippen MR) is 87.8 cm³/mol. The summed E-state index contributed by atoms with van der Waals surface area (Å²) in [6.07, 6.45) is 0. The molecule has 0 amide bonds. The Kier molecular flexibility index (Phi) is 4.55. The van der Waals surface area contributed by atoms with Crippen molar-refractivity contribution >= 4 is 28.9 Å². The monoisotopic (exact) mass is 300 g/mol. The second kappa shape index (κ2) is 6.37. The zero-order chi connectivity index (χ0) is 15.4. The summed E-state index contributed by atoms with van der Waals surface area (Å²) in [6.45, 7) is 0.638. The first-order valence-corrected chi connectivity index (χ1v) is 6.82. The molecule has 0 heterocycles. The largest absolute Gasteiger partial charge is 0.478 e. The average molecular weight is 300 g/mol. The Morgan fingerprint density at radius 1 is 1.19 bits per heavy atom. The van der Waals surface area contributed by atoms with Gasteiger partial charge in [0.15, 0.2) is 0 Å². The van der Waals surface area contributed by atoms with Crippen LogP contribution in [0.15, 0.2) is 48.5 Å². The van der Waals surface area contributed by atoms with Crippen LogP contribution in [0.3, 0.4) is 0 Å². The second-order valence-corrected chi connectivity index (χ2v) is 5.18. The van der Waals surface area contributed by atoms with Crippen LogP contribution in [0.4, 0.5) is 5.69 Å². The van der Waals surface area contributed by atoms with Gasteiger partial charge in [-0.3, -0.25) is 0 Å². The number of rotatable bonds is 5. The summed E-state index contributed by atoms with van der Waals surface area (Å²) in [6, 6.07) is 14.5. The van der Waals surface area contributed by atoms with Crippen LogP contribution < -0.4 is 10.6 Å². The number of anilines is 1. The summed E-state index contributed by atoms with van der Waals surface area (Å²) in [5, 5.41) is 8.89. The van der Waals surface area contributed by atoms with E-state index in [-0.39, 0.29) is 5.56 Å². The van der Waals surface area contributed by atoms with E-state index >= 15 is 0 Å². The van der Waals surface area contributed by atoms with Gasteiger partial charge in [-0.1, -0.05) is 36.5 Å². The minimum absolute atomic E-state index is 0.282. The van der Waals surface area contributed by atoms with Gasteiger partial charge in [-0.15, -0.1) is 0 Å². The number of benzene rings is 2. The van der Waals surface area contributed by atoms with E-state index in [0.717, 1.165) is 16.8 Å². The summed E-state index contributed by atoms with van der Waals surface area (Å²) in [4.78, 5) is 13.2. The number of nitrogens with two attached hydrogens (primary N) is 1. The molecule has 0 bridgehead atoms. The van der Waals surface area contributed by atoms with Crippen LogP contribution in [0.25, 0.3) is 0 Å². The first-order valence-electron chi connectivity index (χ1n) is 6.41. The summed E-state index contributed by atoms with van der Waals surface area (Å²) in [5.41, 5.74) is 8.82. The van der Waals surface area contributed by atoms with Crippen molar-refractivity contribution in [2.45, 2.75) is 6.54 Å². The molecule has 0 spiro atoms. The Morgan fingerprint density at radius 2 is 1.81 bits per heavy atom. The van der Waals surface area contributed by atoms with E-state index in [2.05, 4.69) is 0 Å². The van der Waals surface area contributed by atoms with Gasteiger partial charge in [0.1, 0.15) is 4.99 Å². The Labute approximate surface area is 128 Å². The summed E-state index contributed by atoms with van der Waals surface area (Å²) < 4.78 is 0. The van der Waals surface area contributed by atoms with Gasteiger partial charge in [-0.05, 0) is 29.8 Å².